The molecule has 0 aromatic heterocycles. The van der Waals surface area contributed by atoms with Gasteiger partial charge in [0.1, 0.15) is 22.5 Å². The lowest BCUT2D eigenvalue weighted by atomic mass is 10.1. The highest BCUT2D eigenvalue weighted by molar-refractivity contribution is 7.91. The first kappa shape index (κ1) is 16.1. The minimum atomic E-state index is -2.94. The molecule has 3 N–H and O–H groups in total. The van der Waals surface area contributed by atoms with E-state index in [1.807, 2.05) is 24.3 Å². The summed E-state index contributed by atoms with van der Waals surface area (Å²) in [6.45, 7) is 2.05. The first-order chi connectivity index (χ1) is 10.1. The lowest BCUT2D eigenvalue weighted by Gasteiger charge is -2.31. The minimum Gasteiger partial charge on any atom is -0.486 e. The molecule has 0 fully saturated rings. The fourth-order valence-electron chi connectivity index (χ4n) is 2.28. The molecule has 0 amide bonds. The summed E-state index contributed by atoms with van der Waals surface area (Å²) in [5.41, 5.74) is 2.71. The van der Waals surface area contributed by atoms with Gasteiger partial charge in [0, 0.05) is 5.75 Å². The normalized spacial score (nSPS) is 19.2. The van der Waals surface area contributed by atoms with Crippen molar-refractivity contribution in [2.45, 2.75) is 31.9 Å². The molecule has 1 heterocycles. The van der Waals surface area contributed by atoms with Gasteiger partial charge in [-0.05, 0) is 25.0 Å². The molecular formula is C14H22N2O4S. The molecule has 1 aliphatic heterocycles. The van der Waals surface area contributed by atoms with Crippen LogP contribution in [-0.4, -0.2) is 38.7 Å². The van der Waals surface area contributed by atoms with Gasteiger partial charge in [-0.1, -0.05) is 19.1 Å². The summed E-state index contributed by atoms with van der Waals surface area (Å²) in [7, 11) is -2.94. The molecule has 0 bridgehead atoms. The lowest BCUT2D eigenvalue weighted by Crippen LogP contribution is -2.50. The average molecular weight is 314 g/mol. The molecular weight excluding hydrogens is 292 g/mol. The SMILES string of the molecule is CCS(=O)(=O)CCCC(NN)C1COc2ccccc2O1. The van der Waals surface area contributed by atoms with Crippen LogP contribution in [0.15, 0.2) is 24.3 Å². The smallest absolute Gasteiger partial charge is 0.161 e. The highest BCUT2D eigenvalue weighted by Crippen LogP contribution is 2.31. The van der Waals surface area contributed by atoms with Gasteiger partial charge < -0.3 is 9.47 Å². The Labute approximate surface area is 125 Å². The second kappa shape index (κ2) is 7.11. The van der Waals surface area contributed by atoms with Crippen LogP contribution >= 0.6 is 0 Å². The van der Waals surface area contributed by atoms with E-state index < -0.39 is 9.84 Å². The number of para-hydroxylation sites is 2. The minimum absolute atomic E-state index is 0.148. The second-order valence-corrected chi connectivity index (χ2v) is 7.54. The third-order valence-electron chi connectivity index (χ3n) is 3.60. The molecule has 0 aliphatic carbocycles. The Morgan fingerprint density at radius 2 is 2.10 bits per heavy atom. The molecule has 21 heavy (non-hydrogen) atoms. The van der Waals surface area contributed by atoms with Gasteiger partial charge in [0.2, 0.25) is 0 Å². The summed E-state index contributed by atoms with van der Waals surface area (Å²) in [6, 6.07) is 7.31. The van der Waals surface area contributed by atoms with Crippen molar-refractivity contribution in [3.63, 3.8) is 0 Å². The van der Waals surface area contributed by atoms with Crippen LogP contribution in [0.25, 0.3) is 0 Å². The van der Waals surface area contributed by atoms with Gasteiger partial charge in [0.05, 0.1) is 11.8 Å². The van der Waals surface area contributed by atoms with E-state index in [4.69, 9.17) is 15.3 Å². The average Bonchev–Trinajstić information content (AvgIpc) is 2.51. The molecule has 1 aromatic carbocycles. The summed E-state index contributed by atoms with van der Waals surface area (Å²) < 4.78 is 34.5. The molecule has 118 valence electrons. The number of sulfone groups is 1. The first-order valence-electron chi connectivity index (χ1n) is 7.10. The van der Waals surface area contributed by atoms with Crippen LogP contribution in [0.4, 0.5) is 0 Å². The van der Waals surface area contributed by atoms with Crippen LogP contribution in [0.2, 0.25) is 0 Å². The van der Waals surface area contributed by atoms with Gasteiger partial charge in [0.15, 0.2) is 11.5 Å². The van der Waals surface area contributed by atoms with Crippen LogP contribution in [0.3, 0.4) is 0 Å². The van der Waals surface area contributed by atoms with Crippen molar-refractivity contribution in [1.82, 2.24) is 5.43 Å². The zero-order valence-electron chi connectivity index (χ0n) is 12.1. The molecule has 0 saturated heterocycles. The van der Waals surface area contributed by atoms with Crippen molar-refractivity contribution in [3.8, 4) is 11.5 Å². The predicted octanol–water partition coefficient (Wildman–Crippen LogP) is 0.873. The molecule has 2 atom stereocenters. The predicted molar refractivity (Wildman–Crippen MR) is 81.0 cm³/mol. The number of benzene rings is 1. The third kappa shape index (κ3) is 4.33. The van der Waals surface area contributed by atoms with Crippen LogP contribution in [0, 0.1) is 0 Å². The summed E-state index contributed by atoms with van der Waals surface area (Å²) in [5, 5.41) is 0. The van der Waals surface area contributed by atoms with Crippen molar-refractivity contribution >= 4 is 9.84 Å². The Morgan fingerprint density at radius 1 is 1.38 bits per heavy atom. The largest absolute Gasteiger partial charge is 0.486 e. The van der Waals surface area contributed by atoms with E-state index in [-0.39, 0.29) is 23.7 Å². The number of ether oxygens (including phenoxy) is 2. The highest BCUT2D eigenvalue weighted by atomic mass is 32.2. The zero-order valence-corrected chi connectivity index (χ0v) is 12.9. The maximum atomic E-state index is 11.5. The Morgan fingerprint density at radius 3 is 2.76 bits per heavy atom. The van der Waals surface area contributed by atoms with Gasteiger partial charge in [-0.25, -0.2) is 8.42 Å². The molecule has 6 nitrogen and oxygen atoms in total. The highest BCUT2D eigenvalue weighted by Gasteiger charge is 2.28. The van der Waals surface area contributed by atoms with Crippen molar-refractivity contribution in [2.75, 3.05) is 18.1 Å². The maximum absolute atomic E-state index is 11.5. The summed E-state index contributed by atoms with van der Waals surface area (Å²) in [6.07, 6.45) is 0.938. The van der Waals surface area contributed by atoms with E-state index >= 15 is 0 Å². The van der Waals surface area contributed by atoms with Gasteiger partial charge >= 0.3 is 0 Å². The van der Waals surface area contributed by atoms with Crippen molar-refractivity contribution < 1.29 is 17.9 Å². The van der Waals surface area contributed by atoms with E-state index in [0.29, 0.717) is 25.2 Å². The molecule has 0 saturated carbocycles. The fourth-order valence-corrected chi connectivity index (χ4v) is 3.17. The molecule has 1 aliphatic rings. The number of nitrogens with one attached hydrogen (secondary N) is 1. The van der Waals surface area contributed by atoms with Gasteiger partial charge in [0.25, 0.3) is 0 Å². The van der Waals surface area contributed by atoms with Gasteiger partial charge in [-0.2, -0.15) is 0 Å². The van der Waals surface area contributed by atoms with Crippen molar-refractivity contribution in [2.24, 2.45) is 5.84 Å². The topological polar surface area (TPSA) is 90.7 Å². The van der Waals surface area contributed by atoms with Crippen molar-refractivity contribution in [1.29, 1.82) is 0 Å². The number of hydrogen-bond donors (Lipinski definition) is 2. The van der Waals surface area contributed by atoms with Gasteiger partial charge in [-0.3, -0.25) is 11.3 Å². The number of fused-ring (bicyclic) bond motifs is 1. The molecule has 0 radical (unpaired) electrons. The standard InChI is InChI=1S/C14H22N2O4S/c1-2-21(17,18)9-5-6-11(16-15)14-10-19-12-7-3-4-8-13(12)20-14/h3-4,7-8,11,14,16H,2,5-6,9-10,15H2,1H3. The molecule has 7 heteroatoms. The van der Waals surface area contributed by atoms with E-state index in [2.05, 4.69) is 5.43 Å². The van der Waals surface area contributed by atoms with E-state index in [0.717, 1.165) is 5.75 Å². The number of hydrogen-bond acceptors (Lipinski definition) is 6. The number of hydrazine groups is 1. The monoisotopic (exact) mass is 314 g/mol. The Bertz CT molecular complexity index is 562. The summed E-state index contributed by atoms with van der Waals surface area (Å²) in [5.74, 6) is 7.32. The van der Waals surface area contributed by atoms with Gasteiger partial charge in [-0.15, -0.1) is 0 Å². The Hall–Kier alpha value is -1.31. The van der Waals surface area contributed by atoms with Crippen molar-refractivity contribution in [3.05, 3.63) is 24.3 Å². The summed E-state index contributed by atoms with van der Waals surface area (Å²) in [4.78, 5) is 0. The first-order valence-corrected chi connectivity index (χ1v) is 8.93. The summed E-state index contributed by atoms with van der Waals surface area (Å²) >= 11 is 0. The third-order valence-corrected chi connectivity index (χ3v) is 5.39. The fraction of sp³-hybridized carbons (Fsp3) is 0.571. The Balaban J connectivity index is 1.91. The number of rotatable bonds is 7. The van der Waals surface area contributed by atoms with Crippen LogP contribution < -0.4 is 20.7 Å². The van der Waals surface area contributed by atoms with E-state index in [1.54, 1.807) is 6.92 Å². The Kier molecular flexibility index (Phi) is 5.44. The quantitative estimate of drug-likeness (QED) is 0.573. The molecule has 2 rings (SSSR count). The van der Waals surface area contributed by atoms with E-state index in [1.165, 1.54) is 0 Å². The van der Waals surface area contributed by atoms with Crippen LogP contribution in [-0.2, 0) is 9.84 Å². The van der Waals surface area contributed by atoms with E-state index in [9.17, 15) is 8.42 Å². The van der Waals surface area contributed by atoms with Crippen LogP contribution in [0.5, 0.6) is 11.5 Å². The lowest BCUT2D eigenvalue weighted by molar-refractivity contribution is 0.0593. The number of nitrogens with two attached hydrogens (primary N) is 1. The van der Waals surface area contributed by atoms with Crippen LogP contribution in [0.1, 0.15) is 19.8 Å². The second-order valence-electron chi connectivity index (χ2n) is 5.07. The molecule has 2 unspecified atom stereocenters. The zero-order chi connectivity index (χ0) is 15.3. The molecule has 0 spiro atoms. The molecule has 1 aromatic rings. The maximum Gasteiger partial charge on any atom is 0.161 e.